The van der Waals surface area contributed by atoms with E-state index in [1.807, 2.05) is 20.8 Å². The van der Waals surface area contributed by atoms with Crippen molar-refractivity contribution in [2.24, 2.45) is 0 Å². The second-order valence-corrected chi connectivity index (χ2v) is 6.84. The van der Waals surface area contributed by atoms with E-state index in [-0.39, 0.29) is 11.8 Å². The van der Waals surface area contributed by atoms with E-state index in [0.29, 0.717) is 0 Å². The third-order valence-corrected chi connectivity index (χ3v) is 5.03. The first kappa shape index (κ1) is 18.0. The topological polar surface area (TPSA) is 58.4 Å². The summed E-state index contributed by atoms with van der Waals surface area (Å²) in [5.74, 6) is 0.596. The van der Waals surface area contributed by atoms with E-state index in [9.17, 15) is 4.79 Å². The summed E-state index contributed by atoms with van der Waals surface area (Å²) in [6.45, 7) is 11.1. The number of carbonyl (C=O) groups is 1. The smallest absolute Gasteiger partial charge is 0.227 e. The Balaban J connectivity index is 1.67. The third kappa shape index (κ3) is 4.80. The molecular formula is C18H31N3O2. The molecule has 0 spiro atoms. The molecule has 1 aromatic heterocycles. The summed E-state index contributed by atoms with van der Waals surface area (Å²) in [4.78, 5) is 14.9. The van der Waals surface area contributed by atoms with Crippen LogP contribution in [0.25, 0.3) is 0 Å². The van der Waals surface area contributed by atoms with Gasteiger partial charge in [0.25, 0.3) is 0 Å². The van der Waals surface area contributed by atoms with Gasteiger partial charge in [0.2, 0.25) is 5.91 Å². The van der Waals surface area contributed by atoms with Gasteiger partial charge in [-0.25, -0.2) is 0 Å². The van der Waals surface area contributed by atoms with E-state index in [1.165, 1.54) is 25.8 Å². The number of aryl methyl sites for hydroxylation is 2. The van der Waals surface area contributed by atoms with Crippen LogP contribution in [-0.4, -0.2) is 41.6 Å². The number of unbranched alkanes of at least 4 members (excludes halogenated alkanes) is 1. The summed E-state index contributed by atoms with van der Waals surface area (Å²) >= 11 is 0. The molecule has 1 fully saturated rings. The number of rotatable bonds is 7. The maximum absolute atomic E-state index is 12.3. The number of carbonyl (C=O) groups excluding carboxylic acids is 1. The van der Waals surface area contributed by atoms with Gasteiger partial charge in [0.05, 0.1) is 11.6 Å². The van der Waals surface area contributed by atoms with Crippen LogP contribution in [-0.2, 0) is 4.79 Å². The first-order chi connectivity index (χ1) is 11.0. The van der Waals surface area contributed by atoms with Crippen LogP contribution in [0.3, 0.4) is 0 Å². The fourth-order valence-corrected chi connectivity index (χ4v) is 3.53. The largest absolute Gasteiger partial charge is 0.361 e. The molecule has 0 aliphatic carbocycles. The lowest BCUT2D eigenvalue weighted by molar-refractivity contribution is -0.122. The van der Waals surface area contributed by atoms with Crippen LogP contribution in [0.1, 0.15) is 68.9 Å². The molecule has 5 nitrogen and oxygen atoms in total. The second-order valence-electron chi connectivity index (χ2n) is 6.84. The third-order valence-electron chi connectivity index (χ3n) is 5.03. The van der Waals surface area contributed by atoms with Gasteiger partial charge in [-0.1, -0.05) is 11.6 Å². The zero-order chi connectivity index (χ0) is 16.8. The maximum atomic E-state index is 12.3. The van der Waals surface area contributed by atoms with Crippen LogP contribution in [0.5, 0.6) is 0 Å². The van der Waals surface area contributed by atoms with Crippen molar-refractivity contribution in [3.05, 3.63) is 17.0 Å². The summed E-state index contributed by atoms with van der Waals surface area (Å²) in [7, 11) is 0. The highest BCUT2D eigenvalue weighted by molar-refractivity contribution is 5.83. The Morgan fingerprint density at radius 2 is 2.17 bits per heavy atom. The molecule has 0 unspecified atom stereocenters. The van der Waals surface area contributed by atoms with Crippen molar-refractivity contribution in [3.63, 3.8) is 0 Å². The highest BCUT2D eigenvalue weighted by Crippen LogP contribution is 2.23. The summed E-state index contributed by atoms with van der Waals surface area (Å²) in [5.41, 5.74) is 1.73. The van der Waals surface area contributed by atoms with Gasteiger partial charge >= 0.3 is 0 Å². The number of piperidine rings is 1. The molecule has 1 amide bonds. The monoisotopic (exact) mass is 321 g/mol. The molecule has 1 aliphatic heterocycles. The van der Waals surface area contributed by atoms with Crippen molar-refractivity contribution in [2.45, 2.75) is 71.8 Å². The predicted octanol–water partition coefficient (Wildman–Crippen LogP) is 3.17. The van der Waals surface area contributed by atoms with Crippen molar-refractivity contribution in [3.8, 4) is 0 Å². The van der Waals surface area contributed by atoms with Crippen molar-refractivity contribution in [1.29, 1.82) is 0 Å². The van der Waals surface area contributed by atoms with Gasteiger partial charge in [0.15, 0.2) is 0 Å². The molecule has 2 rings (SSSR count). The van der Waals surface area contributed by atoms with Crippen LogP contribution in [0.4, 0.5) is 0 Å². The second kappa shape index (κ2) is 8.48. The lowest BCUT2D eigenvalue weighted by Gasteiger charge is -2.33. The molecule has 130 valence electrons. The van der Waals surface area contributed by atoms with Crippen molar-refractivity contribution < 1.29 is 9.32 Å². The molecule has 0 saturated carbocycles. The van der Waals surface area contributed by atoms with Gasteiger partial charge in [-0.15, -0.1) is 0 Å². The Morgan fingerprint density at radius 3 is 2.83 bits per heavy atom. The summed E-state index contributed by atoms with van der Waals surface area (Å²) in [6, 6.07) is 0.720. The van der Waals surface area contributed by atoms with E-state index in [1.54, 1.807) is 0 Å². The lowest BCUT2D eigenvalue weighted by Crippen LogP contribution is -2.38. The molecule has 23 heavy (non-hydrogen) atoms. The molecule has 1 aromatic rings. The fourth-order valence-electron chi connectivity index (χ4n) is 3.53. The molecule has 2 atom stereocenters. The number of hydrogen-bond donors (Lipinski definition) is 1. The number of likely N-dealkylation sites (tertiary alicyclic amines) is 1. The van der Waals surface area contributed by atoms with E-state index < -0.39 is 0 Å². The van der Waals surface area contributed by atoms with Crippen molar-refractivity contribution in [2.75, 3.05) is 19.6 Å². The fraction of sp³-hybridized carbons (Fsp3) is 0.778. The molecule has 1 N–H and O–H groups in total. The Hall–Kier alpha value is -1.36. The average molecular weight is 321 g/mol. The maximum Gasteiger partial charge on any atom is 0.227 e. The minimum Gasteiger partial charge on any atom is -0.361 e. The molecule has 0 bridgehead atoms. The van der Waals surface area contributed by atoms with Crippen LogP contribution in [0.2, 0.25) is 0 Å². The van der Waals surface area contributed by atoms with Crippen molar-refractivity contribution >= 4 is 5.91 Å². The van der Waals surface area contributed by atoms with E-state index >= 15 is 0 Å². The molecule has 0 radical (unpaired) electrons. The molecule has 1 aliphatic rings. The molecular weight excluding hydrogens is 290 g/mol. The van der Waals surface area contributed by atoms with Crippen LogP contribution < -0.4 is 5.32 Å². The van der Waals surface area contributed by atoms with Gasteiger partial charge in [-0.2, -0.15) is 0 Å². The number of nitrogens with one attached hydrogen (secondary N) is 1. The lowest BCUT2D eigenvalue weighted by atomic mass is 9.98. The highest BCUT2D eigenvalue weighted by atomic mass is 16.5. The van der Waals surface area contributed by atoms with E-state index in [0.717, 1.165) is 49.0 Å². The first-order valence-corrected chi connectivity index (χ1v) is 8.95. The number of nitrogens with zero attached hydrogens (tertiary/aromatic N) is 2. The van der Waals surface area contributed by atoms with Crippen molar-refractivity contribution in [1.82, 2.24) is 15.4 Å². The molecule has 5 heteroatoms. The van der Waals surface area contributed by atoms with Gasteiger partial charge in [-0.05, 0) is 66.5 Å². The molecule has 0 aromatic carbocycles. The average Bonchev–Trinajstić information content (AvgIpc) is 2.86. The number of aromatic nitrogens is 1. The molecule has 2 heterocycles. The number of hydrogen-bond acceptors (Lipinski definition) is 4. The van der Waals surface area contributed by atoms with Gasteiger partial charge in [0, 0.05) is 18.2 Å². The normalized spacial score (nSPS) is 20.4. The quantitative estimate of drug-likeness (QED) is 0.784. The van der Waals surface area contributed by atoms with Crippen LogP contribution in [0.15, 0.2) is 4.52 Å². The minimum atomic E-state index is -0.205. The number of amides is 1. The van der Waals surface area contributed by atoms with Crippen LogP contribution >= 0.6 is 0 Å². The molecule has 1 saturated heterocycles. The predicted molar refractivity (Wildman–Crippen MR) is 91.5 cm³/mol. The Kier molecular flexibility index (Phi) is 6.63. The Bertz CT molecular complexity index is 493. The summed E-state index contributed by atoms with van der Waals surface area (Å²) in [6.07, 6.45) is 6.20. The SMILES string of the molecule is Cc1noc(C)c1[C@@H](C)C(=O)NCCCCN1CCCC[C@@H]1C. The summed E-state index contributed by atoms with van der Waals surface area (Å²) < 4.78 is 5.15. The van der Waals surface area contributed by atoms with Gasteiger partial charge < -0.3 is 14.7 Å². The Morgan fingerprint density at radius 1 is 1.39 bits per heavy atom. The Labute approximate surface area is 139 Å². The standard InChI is InChI=1S/C18H31N3O2/c1-13-9-5-7-11-21(13)12-8-6-10-19-18(22)14(2)17-15(3)20-23-16(17)4/h13-14H,5-12H2,1-4H3,(H,19,22)/t13-,14+/m0/s1. The van der Waals surface area contributed by atoms with E-state index in [2.05, 4.69) is 22.3 Å². The van der Waals surface area contributed by atoms with Gasteiger partial charge in [0.1, 0.15) is 5.76 Å². The zero-order valence-corrected chi connectivity index (χ0v) is 15.0. The first-order valence-electron chi connectivity index (χ1n) is 8.95. The van der Waals surface area contributed by atoms with E-state index in [4.69, 9.17) is 4.52 Å². The zero-order valence-electron chi connectivity index (χ0n) is 15.0. The van der Waals surface area contributed by atoms with Crippen LogP contribution in [0, 0.1) is 13.8 Å². The highest BCUT2D eigenvalue weighted by Gasteiger charge is 2.22. The summed E-state index contributed by atoms with van der Waals surface area (Å²) in [5, 5.41) is 6.97. The minimum absolute atomic E-state index is 0.0609. The van der Waals surface area contributed by atoms with Gasteiger partial charge in [-0.3, -0.25) is 4.79 Å².